The first kappa shape index (κ1) is 37.2. The van der Waals surface area contributed by atoms with Crippen molar-refractivity contribution >= 4 is 17.9 Å². The summed E-state index contributed by atoms with van der Waals surface area (Å²) in [4.78, 5) is 35.6. The fourth-order valence-corrected chi connectivity index (χ4v) is 3.81. The Bertz CT molecular complexity index is 737. The molecule has 0 heterocycles. The highest BCUT2D eigenvalue weighted by Gasteiger charge is 2.37. The molecule has 39 heavy (non-hydrogen) atoms. The first-order valence-corrected chi connectivity index (χ1v) is 14.6. The minimum Gasteiger partial charge on any atom is -0.465 e. The molecule has 1 aliphatic carbocycles. The van der Waals surface area contributed by atoms with Crippen molar-refractivity contribution in [3.8, 4) is 0 Å². The average Bonchev–Trinajstić information content (AvgIpc) is 2.84. The van der Waals surface area contributed by atoms with Crippen LogP contribution in [0.1, 0.15) is 139 Å². The zero-order valence-electron chi connectivity index (χ0n) is 25.6. The van der Waals surface area contributed by atoms with Gasteiger partial charge in [-0.3, -0.25) is 14.4 Å². The SMILES string of the molecule is CCC(CC(=O)OCCC(F)(F)F)OC(=O)C(C)(C)CC.CCC1(OC(=O)C(C)(C)CC)CCCCCCC1. The minimum atomic E-state index is -4.36. The van der Waals surface area contributed by atoms with Crippen LogP contribution in [0.4, 0.5) is 13.2 Å². The van der Waals surface area contributed by atoms with Crippen LogP contribution in [0, 0.1) is 10.8 Å². The Morgan fingerprint density at radius 3 is 1.72 bits per heavy atom. The third-order valence-corrected chi connectivity index (χ3v) is 7.86. The third-order valence-electron chi connectivity index (χ3n) is 7.86. The highest BCUT2D eigenvalue weighted by molar-refractivity contribution is 5.77. The largest absolute Gasteiger partial charge is 0.465 e. The van der Waals surface area contributed by atoms with Crippen molar-refractivity contribution in [2.45, 2.75) is 157 Å². The Kier molecular flexibility index (Phi) is 16.3. The van der Waals surface area contributed by atoms with Gasteiger partial charge in [0.25, 0.3) is 0 Å². The van der Waals surface area contributed by atoms with Crippen molar-refractivity contribution in [3.63, 3.8) is 0 Å². The van der Waals surface area contributed by atoms with Gasteiger partial charge in [0.05, 0.1) is 30.3 Å². The molecule has 0 aromatic heterocycles. The number of ether oxygens (including phenoxy) is 3. The van der Waals surface area contributed by atoms with E-state index in [9.17, 15) is 27.6 Å². The van der Waals surface area contributed by atoms with E-state index in [-0.39, 0.29) is 23.4 Å². The lowest BCUT2D eigenvalue weighted by molar-refractivity contribution is -0.174. The molecule has 9 heteroatoms. The van der Waals surface area contributed by atoms with Gasteiger partial charge in [-0.25, -0.2) is 0 Å². The number of carbonyl (C=O) groups is 3. The maximum Gasteiger partial charge on any atom is 0.392 e. The summed E-state index contributed by atoms with van der Waals surface area (Å²) >= 11 is 0. The highest BCUT2D eigenvalue weighted by atomic mass is 19.4. The molecule has 0 amide bonds. The molecule has 0 aromatic rings. The van der Waals surface area contributed by atoms with Crippen molar-refractivity contribution in [3.05, 3.63) is 0 Å². The molecule has 1 rings (SSSR count). The Morgan fingerprint density at radius 2 is 1.28 bits per heavy atom. The monoisotopic (exact) mass is 566 g/mol. The molecule has 1 saturated carbocycles. The van der Waals surface area contributed by atoms with E-state index in [0.29, 0.717) is 12.8 Å². The standard InChI is InChI=1S/C16H30O2.C14H23F3O4/c1-5-15(3,4)14(17)18-16(6-2)12-10-8-7-9-11-13-16;1-5-10(21-12(19)13(3,4)6-2)9-11(18)20-8-7-14(15,16)17/h5-13H2,1-4H3;10H,5-9H2,1-4H3. The van der Waals surface area contributed by atoms with Gasteiger partial charge in [0.1, 0.15) is 11.7 Å². The summed E-state index contributed by atoms with van der Waals surface area (Å²) in [7, 11) is 0. The topological polar surface area (TPSA) is 78.9 Å². The van der Waals surface area contributed by atoms with Crippen LogP contribution in [-0.4, -0.2) is 42.4 Å². The second-order valence-corrected chi connectivity index (χ2v) is 11.9. The normalized spacial score (nSPS) is 17.0. The fourth-order valence-electron chi connectivity index (χ4n) is 3.81. The predicted molar refractivity (Wildman–Crippen MR) is 146 cm³/mol. The molecular weight excluding hydrogens is 513 g/mol. The molecule has 0 radical (unpaired) electrons. The maximum atomic E-state index is 12.3. The third kappa shape index (κ3) is 15.0. The lowest BCUT2D eigenvalue weighted by Gasteiger charge is -2.37. The molecule has 1 unspecified atom stereocenters. The smallest absolute Gasteiger partial charge is 0.392 e. The summed E-state index contributed by atoms with van der Waals surface area (Å²) in [5, 5.41) is 0. The van der Waals surface area contributed by atoms with Gasteiger partial charge < -0.3 is 14.2 Å². The predicted octanol–water partition coefficient (Wildman–Crippen LogP) is 8.49. The zero-order chi connectivity index (χ0) is 30.3. The number of esters is 3. The van der Waals surface area contributed by atoms with Crippen molar-refractivity contribution in [2.75, 3.05) is 6.61 Å². The van der Waals surface area contributed by atoms with Gasteiger partial charge in [0.2, 0.25) is 0 Å². The molecule has 0 aliphatic heterocycles. The van der Waals surface area contributed by atoms with Crippen LogP contribution in [-0.2, 0) is 28.6 Å². The van der Waals surface area contributed by atoms with Crippen LogP contribution in [0.15, 0.2) is 0 Å². The van der Waals surface area contributed by atoms with Crippen molar-refractivity contribution in [1.82, 2.24) is 0 Å². The lowest BCUT2D eigenvalue weighted by atomic mass is 9.83. The van der Waals surface area contributed by atoms with Crippen LogP contribution < -0.4 is 0 Å². The van der Waals surface area contributed by atoms with Crippen LogP contribution in [0.2, 0.25) is 0 Å². The quantitative estimate of drug-likeness (QED) is 0.174. The molecule has 0 spiro atoms. The lowest BCUT2D eigenvalue weighted by Crippen LogP contribution is -2.40. The molecule has 6 nitrogen and oxygen atoms in total. The van der Waals surface area contributed by atoms with E-state index in [4.69, 9.17) is 9.47 Å². The second kappa shape index (κ2) is 17.1. The van der Waals surface area contributed by atoms with Crippen LogP contribution in [0.25, 0.3) is 0 Å². The van der Waals surface area contributed by atoms with Gasteiger partial charge in [0, 0.05) is 0 Å². The van der Waals surface area contributed by atoms with Crippen LogP contribution in [0.5, 0.6) is 0 Å². The molecule has 0 aromatic carbocycles. The number of rotatable bonds is 12. The zero-order valence-corrected chi connectivity index (χ0v) is 25.6. The molecule has 0 bridgehead atoms. The molecule has 1 fully saturated rings. The van der Waals surface area contributed by atoms with Crippen molar-refractivity contribution in [1.29, 1.82) is 0 Å². The molecule has 0 N–H and O–H groups in total. The van der Waals surface area contributed by atoms with Gasteiger partial charge in [-0.05, 0) is 79.1 Å². The van der Waals surface area contributed by atoms with Gasteiger partial charge >= 0.3 is 24.1 Å². The minimum absolute atomic E-state index is 0.00702. The number of carbonyl (C=O) groups excluding carboxylic acids is 3. The van der Waals surface area contributed by atoms with E-state index in [1.807, 2.05) is 20.8 Å². The summed E-state index contributed by atoms with van der Waals surface area (Å²) in [6.45, 7) is 14.5. The molecule has 0 saturated heterocycles. The first-order chi connectivity index (χ1) is 18.0. The Morgan fingerprint density at radius 1 is 0.795 bits per heavy atom. The number of hydrogen-bond donors (Lipinski definition) is 0. The van der Waals surface area contributed by atoms with Crippen molar-refractivity contribution < 1.29 is 41.8 Å². The van der Waals surface area contributed by atoms with Crippen LogP contribution in [0.3, 0.4) is 0 Å². The van der Waals surface area contributed by atoms with E-state index in [0.717, 1.165) is 25.7 Å². The summed E-state index contributed by atoms with van der Waals surface area (Å²) < 4.78 is 51.4. The highest BCUT2D eigenvalue weighted by Crippen LogP contribution is 2.35. The van der Waals surface area contributed by atoms with E-state index in [1.165, 1.54) is 32.1 Å². The molecular formula is C30H53F3O6. The van der Waals surface area contributed by atoms with Crippen LogP contribution >= 0.6 is 0 Å². The average molecular weight is 567 g/mol. The van der Waals surface area contributed by atoms with E-state index >= 15 is 0 Å². The molecule has 230 valence electrons. The molecule has 1 aliphatic rings. The summed E-state index contributed by atoms with van der Waals surface area (Å²) in [5.41, 5.74) is -1.18. The van der Waals surface area contributed by atoms with E-state index in [2.05, 4.69) is 18.6 Å². The first-order valence-electron chi connectivity index (χ1n) is 14.6. The van der Waals surface area contributed by atoms with E-state index in [1.54, 1.807) is 20.8 Å². The fraction of sp³-hybridized carbons (Fsp3) is 0.900. The van der Waals surface area contributed by atoms with E-state index < -0.39 is 42.7 Å². The van der Waals surface area contributed by atoms with Gasteiger partial charge in [-0.2, -0.15) is 13.2 Å². The number of halogens is 3. The summed E-state index contributed by atoms with van der Waals surface area (Å²) in [6, 6.07) is 0. The van der Waals surface area contributed by atoms with Gasteiger partial charge in [-0.15, -0.1) is 0 Å². The number of alkyl halides is 3. The Hall–Kier alpha value is -1.80. The van der Waals surface area contributed by atoms with Gasteiger partial charge in [-0.1, -0.05) is 47.0 Å². The maximum absolute atomic E-state index is 12.3. The van der Waals surface area contributed by atoms with Gasteiger partial charge in [0.15, 0.2) is 0 Å². The van der Waals surface area contributed by atoms with Crippen molar-refractivity contribution in [2.24, 2.45) is 10.8 Å². The Balaban J connectivity index is 0.000000748. The summed E-state index contributed by atoms with van der Waals surface area (Å²) in [6.07, 6.45) is 4.73. The molecule has 1 atom stereocenters. The number of hydrogen-bond acceptors (Lipinski definition) is 6. The second-order valence-electron chi connectivity index (χ2n) is 11.9. The Labute approximate surface area is 234 Å². The summed E-state index contributed by atoms with van der Waals surface area (Å²) in [5.74, 6) is -1.24.